The van der Waals surface area contributed by atoms with Crippen molar-refractivity contribution >= 4 is 28.2 Å². The first kappa shape index (κ1) is 15.2. The first-order chi connectivity index (χ1) is 11.1. The van der Waals surface area contributed by atoms with Gasteiger partial charge in [0.2, 0.25) is 0 Å². The summed E-state index contributed by atoms with van der Waals surface area (Å²) in [5.41, 5.74) is 4.52. The number of aryl methyl sites for hydroxylation is 1. The summed E-state index contributed by atoms with van der Waals surface area (Å²) in [6.07, 6.45) is 0. The van der Waals surface area contributed by atoms with Crippen molar-refractivity contribution < 1.29 is 0 Å². The van der Waals surface area contributed by atoms with E-state index in [2.05, 4.69) is 15.7 Å². The van der Waals surface area contributed by atoms with Gasteiger partial charge in [-0.1, -0.05) is 42.5 Å². The molecule has 1 heterocycles. The van der Waals surface area contributed by atoms with Crippen LogP contribution in [0.3, 0.4) is 0 Å². The summed E-state index contributed by atoms with van der Waals surface area (Å²) in [6.45, 7) is 2.35. The van der Waals surface area contributed by atoms with Gasteiger partial charge >= 0.3 is 0 Å². The fraction of sp³-hybridized carbons (Fsp3) is 0.118. The summed E-state index contributed by atoms with van der Waals surface area (Å²) in [6, 6.07) is 17.2. The first-order valence-corrected chi connectivity index (χ1v) is 7.63. The van der Waals surface area contributed by atoms with Crippen LogP contribution in [0, 0.1) is 6.92 Å². The predicted octanol–water partition coefficient (Wildman–Crippen LogP) is 2.32. The van der Waals surface area contributed by atoms with E-state index in [1.807, 2.05) is 48.5 Å². The molecule has 0 unspecified atom stereocenters. The molecule has 6 heteroatoms. The van der Waals surface area contributed by atoms with Crippen LogP contribution in [0.2, 0.25) is 0 Å². The van der Waals surface area contributed by atoms with Crippen molar-refractivity contribution in [3.8, 4) is 0 Å². The maximum atomic E-state index is 12.5. The van der Waals surface area contributed by atoms with E-state index in [1.165, 1.54) is 4.68 Å². The highest BCUT2D eigenvalue weighted by Crippen LogP contribution is 2.06. The van der Waals surface area contributed by atoms with Crippen LogP contribution >= 0.6 is 12.2 Å². The highest BCUT2D eigenvalue weighted by Gasteiger charge is 2.08. The Labute approximate surface area is 139 Å². The van der Waals surface area contributed by atoms with Crippen LogP contribution in [0.4, 0.5) is 0 Å². The minimum Gasteiger partial charge on any atom is -0.357 e. The van der Waals surface area contributed by atoms with Crippen molar-refractivity contribution in [2.24, 2.45) is 0 Å². The lowest BCUT2D eigenvalue weighted by Crippen LogP contribution is -2.40. The number of thiocarbonyl (C=S) groups is 1. The second-order valence-electron chi connectivity index (χ2n) is 5.10. The van der Waals surface area contributed by atoms with Crippen molar-refractivity contribution in [1.82, 2.24) is 15.0 Å². The number of para-hydroxylation sites is 1. The van der Waals surface area contributed by atoms with E-state index in [1.54, 1.807) is 13.0 Å². The monoisotopic (exact) mass is 324 g/mol. The maximum Gasteiger partial charge on any atom is 0.280 e. The number of rotatable bonds is 3. The van der Waals surface area contributed by atoms with E-state index in [0.29, 0.717) is 28.4 Å². The Bertz CT molecular complexity index is 905. The van der Waals surface area contributed by atoms with Crippen LogP contribution in [0.1, 0.15) is 11.4 Å². The average molecular weight is 324 g/mol. The van der Waals surface area contributed by atoms with Gasteiger partial charge < -0.3 is 5.32 Å². The number of nitrogens with zero attached hydrogens (tertiary/aromatic N) is 2. The molecule has 116 valence electrons. The number of nitrogens with one attached hydrogen (secondary N) is 2. The van der Waals surface area contributed by atoms with Gasteiger partial charge in [-0.05, 0) is 36.8 Å². The summed E-state index contributed by atoms with van der Waals surface area (Å²) in [5.74, 6) is 0.553. The third-order valence-corrected chi connectivity index (χ3v) is 3.69. The van der Waals surface area contributed by atoms with E-state index in [9.17, 15) is 4.79 Å². The van der Waals surface area contributed by atoms with Gasteiger partial charge in [0.05, 0.1) is 10.9 Å². The minimum absolute atomic E-state index is 0.169. The molecule has 0 radical (unpaired) electrons. The average Bonchev–Trinajstić information content (AvgIpc) is 2.58. The predicted molar refractivity (Wildman–Crippen MR) is 96.0 cm³/mol. The molecule has 0 aliphatic rings. The lowest BCUT2D eigenvalue weighted by molar-refractivity contribution is 0.815. The second-order valence-corrected chi connectivity index (χ2v) is 5.51. The molecule has 5 nitrogen and oxygen atoms in total. The van der Waals surface area contributed by atoms with Crippen LogP contribution in [0.25, 0.3) is 10.9 Å². The summed E-state index contributed by atoms with van der Waals surface area (Å²) in [7, 11) is 0. The van der Waals surface area contributed by atoms with E-state index in [0.717, 1.165) is 5.56 Å². The highest BCUT2D eigenvalue weighted by molar-refractivity contribution is 7.80. The van der Waals surface area contributed by atoms with Gasteiger partial charge in [0.15, 0.2) is 5.11 Å². The molecule has 0 aliphatic heterocycles. The number of hydrogen-bond acceptors (Lipinski definition) is 3. The number of aromatic nitrogens is 2. The van der Waals surface area contributed by atoms with Crippen molar-refractivity contribution in [3.63, 3.8) is 0 Å². The van der Waals surface area contributed by atoms with Gasteiger partial charge in [-0.15, -0.1) is 0 Å². The van der Waals surface area contributed by atoms with E-state index < -0.39 is 0 Å². The van der Waals surface area contributed by atoms with E-state index >= 15 is 0 Å². The molecule has 3 rings (SSSR count). The second kappa shape index (κ2) is 6.58. The van der Waals surface area contributed by atoms with Crippen LogP contribution in [-0.2, 0) is 6.54 Å². The molecular weight excluding hydrogens is 308 g/mol. The van der Waals surface area contributed by atoms with Gasteiger partial charge in [-0.3, -0.25) is 10.2 Å². The largest absolute Gasteiger partial charge is 0.357 e. The van der Waals surface area contributed by atoms with Crippen molar-refractivity contribution in [2.45, 2.75) is 13.5 Å². The zero-order chi connectivity index (χ0) is 16.2. The fourth-order valence-electron chi connectivity index (χ4n) is 2.29. The molecule has 0 saturated heterocycles. The number of fused-ring (bicyclic) bond motifs is 1. The minimum atomic E-state index is -0.169. The Hall–Kier alpha value is -2.73. The summed E-state index contributed by atoms with van der Waals surface area (Å²) >= 11 is 5.27. The molecule has 0 fully saturated rings. The molecule has 0 aliphatic carbocycles. The lowest BCUT2D eigenvalue weighted by atomic mass is 10.2. The van der Waals surface area contributed by atoms with Gasteiger partial charge in [0.1, 0.15) is 5.82 Å². The molecule has 3 aromatic rings. The topological polar surface area (TPSA) is 59.0 Å². The standard InChI is InChI=1S/C17H16N4OS/c1-12-19-15-10-6-5-9-14(15)16(22)21(12)20-17(23)18-11-13-7-3-2-4-8-13/h2-10H,11H2,1H3,(H2,18,20,23). The fourth-order valence-corrected chi connectivity index (χ4v) is 2.46. The van der Waals surface area contributed by atoms with Gasteiger partial charge in [-0.2, -0.15) is 0 Å². The first-order valence-electron chi connectivity index (χ1n) is 7.22. The molecule has 0 atom stereocenters. The normalized spacial score (nSPS) is 10.5. The van der Waals surface area contributed by atoms with Crippen LogP contribution < -0.4 is 16.3 Å². The van der Waals surface area contributed by atoms with Gasteiger partial charge in [0.25, 0.3) is 5.56 Å². The van der Waals surface area contributed by atoms with E-state index in [4.69, 9.17) is 12.2 Å². The smallest absolute Gasteiger partial charge is 0.280 e. The van der Waals surface area contributed by atoms with Gasteiger partial charge in [-0.25, -0.2) is 9.66 Å². The molecule has 23 heavy (non-hydrogen) atoms. The quantitative estimate of drug-likeness (QED) is 0.724. The number of benzene rings is 2. The Morgan fingerprint density at radius 2 is 1.83 bits per heavy atom. The molecule has 2 N–H and O–H groups in total. The molecule has 1 aromatic heterocycles. The molecule has 0 spiro atoms. The lowest BCUT2D eigenvalue weighted by Gasteiger charge is -2.15. The summed E-state index contributed by atoms with van der Waals surface area (Å²) in [4.78, 5) is 17.0. The SMILES string of the molecule is Cc1nc2ccccc2c(=O)n1NC(=S)NCc1ccccc1. The molecular formula is C17H16N4OS. The molecule has 0 saturated carbocycles. The van der Waals surface area contributed by atoms with Crippen molar-refractivity contribution in [1.29, 1.82) is 0 Å². The molecule has 0 bridgehead atoms. The summed E-state index contributed by atoms with van der Waals surface area (Å²) < 4.78 is 1.36. The highest BCUT2D eigenvalue weighted by atomic mass is 32.1. The van der Waals surface area contributed by atoms with Crippen molar-refractivity contribution in [3.05, 3.63) is 76.3 Å². The zero-order valence-corrected chi connectivity index (χ0v) is 13.4. The Morgan fingerprint density at radius 3 is 2.61 bits per heavy atom. The third-order valence-electron chi connectivity index (χ3n) is 3.45. The Balaban J connectivity index is 1.78. The summed E-state index contributed by atoms with van der Waals surface area (Å²) in [5, 5.41) is 4.01. The zero-order valence-electron chi connectivity index (χ0n) is 12.6. The van der Waals surface area contributed by atoms with Gasteiger partial charge in [0, 0.05) is 6.54 Å². The van der Waals surface area contributed by atoms with Crippen LogP contribution in [0.5, 0.6) is 0 Å². The van der Waals surface area contributed by atoms with Crippen molar-refractivity contribution in [2.75, 3.05) is 5.43 Å². The maximum absolute atomic E-state index is 12.5. The van der Waals surface area contributed by atoms with E-state index in [-0.39, 0.29) is 5.56 Å². The van der Waals surface area contributed by atoms with Crippen LogP contribution in [-0.4, -0.2) is 14.8 Å². The molecule has 0 amide bonds. The Morgan fingerprint density at radius 1 is 1.13 bits per heavy atom. The molecule has 2 aromatic carbocycles. The Kier molecular flexibility index (Phi) is 4.34. The van der Waals surface area contributed by atoms with Crippen LogP contribution in [0.15, 0.2) is 59.4 Å². The number of hydrogen-bond donors (Lipinski definition) is 2. The third kappa shape index (κ3) is 3.37.